The molecule has 1 heterocycles. The summed E-state index contributed by atoms with van der Waals surface area (Å²) >= 11 is 0. The SMILES string of the molecule is CC1=CCC(=O)C(C(F)(F)CNc2ccc(C#N)c(CC(=O)O)c2F)=N1. The number of aliphatic imine (C=N–C) groups is 1. The summed E-state index contributed by atoms with van der Waals surface area (Å²) < 4.78 is 43.0. The molecule has 0 fully saturated rings. The van der Waals surface area contributed by atoms with Gasteiger partial charge in [0.05, 0.1) is 30.3 Å². The fourth-order valence-corrected chi connectivity index (χ4v) is 2.38. The van der Waals surface area contributed by atoms with Gasteiger partial charge in [-0.2, -0.15) is 14.0 Å². The lowest BCUT2D eigenvalue weighted by Gasteiger charge is -2.21. The number of carbonyl (C=O) groups is 2. The number of nitrogens with one attached hydrogen (secondary N) is 1. The first-order chi connectivity index (χ1) is 12.2. The molecule has 6 nitrogen and oxygen atoms in total. The molecule has 9 heteroatoms. The van der Waals surface area contributed by atoms with Crippen molar-refractivity contribution in [3.8, 4) is 6.07 Å². The Kier molecular flexibility index (Phi) is 5.45. The van der Waals surface area contributed by atoms with E-state index in [0.717, 1.165) is 12.1 Å². The molecule has 2 rings (SSSR count). The molecule has 26 heavy (non-hydrogen) atoms. The third-order valence-corrected chi connectivity index (χ3v) is 3.67. The average molecular weight is 365 g/mol. The van der Waals surface area contributed by atoms with Crippen molar-refractivity contribution in [3.05, 3.63) is 40.8 Å². The highest BCUT2D eigenvalue weighted by atomic mass is 19.3. The topological polar surface area (TPSA) is 103 Å². The quantitative estimate of drug-likeness (QED) is 0.807. The largest absolute Gasteiger partial charge is 0.481 e. The molecule has 136 valence electrons. The second-order valence-electron chi connectivity index (χ2n) is 5.63. The molecule has 1 aliphatic rings. The molecule has 0 radical (unpaired) electrons. The fourth-order valence-electron chi connectivity index (χ4n) is 2.38. The van der Waals surface area contributed by atoms with Gasteiger partial charge >= 0.3 is 11.9 Å². The number of halogens is 3. The van der Waals surface area contributed by atoms with Crippen LogP contribution in [0.2, 0.25) is 0 Å². The minimum absolute atomic E-state index is 0.186. The van der Waals surface area contributed by atoms with Crippen LogP contribution in [0.25, 0.3) is 0 Å². The fraction of sp³-hybridized carbons (Fsp3) is 0.294. The van der Waals surface area contributed by atoms with Gasteiger partial charge in [0, 0.05) is 17.7 Å². The van der Waals surface area contributed by atoms with E-state index in [1.807, 2.05) is 0 Å². The Labute approximate surface area is 146 Å². The zero-order valence-corrected chi connectivity index (χ0v) is 13.6. The van der Waals surface area contributed by atoms with E-state index in [0.29, 0.717) is 0 Å². The number of carbonyl (C=O) groups excluding carboxylic acids is 1. The van der Waals surface area contributed by atoms with Crippen LogP contribution in [-0.4, -0.2) is 35.0 Å². The first-order valence-electron chi connectivity index (χ1n) is 7.49. The van der Waals surface area contributed by atoms with E-state index in [4.69, 9.17) is 10.4 Å². The van der Waals surface area contributed by atoms with E-state index in [2.05, 4.69) is 10.3 Å². The molecule has 1 aromatic carbocycles. The van der Waals surface area contributed by atoms with Gasteiger partial charge in [0.25, 0.3) is 0 Å². The summed E-state index contributed by atoms with van der Waals surface area (Å²) in [5, 5.41) is 19.9. The molecular formula is C17H14F3N3O3. The highest BCUT2D eigenvalue weighted by Crippen LogP contribution is 2.26. The number of aliphatic carboxylic acids is 1. The molecule has 1 aliphatic heterocycles. The number of allylic oxidation sites excluding steroid dienone is 2. The summed E-state index contributed by atoms with van der Waals surface area (Å²) in [4.78, 5) is 26.1. The van der Waals surface area contributed by atoms with Crippen molar-refractivity contribution in [2.75, 3.05) is 11.9 Å². The van der Waals surface area contributed by atoms with Crippen molar-refractivity contribution >= 4 is 23.2 Å². The second kappa shape index (κ2) is 7.39. The van der Waals surface area contributed by atoms with Gasteiger partial charge < -0.3 is 10.4 Å². The van der Waals surface area contributed by atoms with Gasteiger partial charge in [-0.05, 0) is 19.1 Å². The van der Waals surface area contributed by atoms with Crippen LogP contribution in [0.4, 0.5) is 18.9 Å². The van der Waals surface area contributed by atoms with E-state index in [-0.39, 0.29) is 17.7 Å². The molecule has 0 aromatic heterocycles. The maximum Gasteiger partial charge on any atom is 0.310 e. The van der Waals surface area contributed by atoms with Crippen LogP contribution in [0.5, 0.6) is 0 Å². The smallest absolute Gasteiger partial charge is 0.310 e. The van der Waals surface area contributed by atoms with Crippen LogP contribution in [0.1, 0.15) is 24.5 Å². The molecule has 0 spiro atoms. The van der Waals surface area contributed by atoms with Crippen molar-refractivity contribution < 1.29 is 27.9 Å². The Hall–Kier alpha value is -3.15. The van der Waals surface area contributed by atoms with Crippen LogP contribution in [0.3, 0.4) is 0 Å². The molecule has 1 aromatic rings. The summed E-state index contributed by atoms with van der Waals surface area (Å²) in [6.45, 7) is 0.370. The molecule has 0 bridgehead atoms. The van der Waals surface area contributed by atoms with Crippen molar-refractivity contribution in [2.24, 2.45) is 4.99 Å². The number of ketones is 1. The molecule has 0 saturated carbocycles. The van der Waals surface area contributed by atoms with Gasteiger partial charge in [-0.3, -0.25) is 9.59 Å². The Morgan fingerprint density at radius 2 is 2.15 bits per heavy atom. The van der Waals surface area contributed by atoms with Crippen LogP contribution >= 0.6 is 0 Å². The molecule has 0 unspecified atom stereocenters. The van der Waals surface area contributed by atoms with Crippen LogP contribution in [0, 0.1) is 17.1 Å². The van der Waals surface area contributed by atoms with E-state index in [1.165, 1.54) is 13.0 Å². The van der Waals surface area contributed by atoms with E-state index in [1.54, 1.807) is 6.07 Å². The second-order valence-corrected chi connectivity index (χ2v) is 5.63. The number of Topliss-reactive ketones (excluding diaryl/α,β-unsaturated/α-hetero) is 1. The summed E-state index contributed by atoms with van der Waals surface area (Å²) in [6, 6.07) is 3.85. The Morgan fingerprint density at radius 3 is 2.77 bits per heavy atom. The van der Waals surface area contributed by atoms with Crippen LogP contribution in [-0.2, 0) is 16.0 Å². The monoisotopic (exact) mass is 365 g/mol. The highest BCUT2D eigenvalue weighted by molar-refractivity contribution is 6.43. The number of carboxylic acid groups (broad SMARTS) is 1. The lowest BCUT2D eigenvalue weighted by atomic mass is 10.0. The summed E-state index contributed by atoms with van der Waals surface area (Å²) in [5.41, 5.74) is -1.62. The van der Waals surface area contributed by atoms with Gasteiger partial charge in [-0.25, -0.2) is 9.38 Å². The third-order valence-electron chi connectivity index (χ3n) is 3.67. The van der Waals surface area contributed by atoms with Gasteiger partial charge in [-0.1, -0.05) is 6.08 Å². The Morgan fingerprint density at radius 1 is 1.46 bits per heavy atom. The zero-order chi connectivity index (χ0) is 19.5. The molecule has 2 N–H and O–H groups in total. The predicted molar refractivity (Wildman–Crippen MR) is 86.7 cm³/mol. The first kappa shape index (κ1) is 19.2. The van der Waals surface area contributed by atoms with Crippen molar-refractivity contribution in [1.82, 2.24) is 0 Å². The van der Waals surface area contributed by atoms with Crippen molar-refractivity contribution in [3.63, 3.8) is 0 Å². The summed E-state index contributed by atoms with van der Waals surface area (Å²) in [7, 11) is 0. The number of nitrogens with zero attached hydrogens (tertiary/aromatic N) is 2. The minimum Gasteiger partial charge on any atom is -0.481 e. The molecular weight excluding hydrogens is 351 g/mol. The van der Waals surface area contributed by atoms with E-state index < -0.39 is 53.4 Å². The van der Waals surface area contributed by atoms with E-state index >= 15 is 0 Å². The number of hydrogen-bond acceptors (Lipinski definition) is 5. The number of anilines is 1. The molecule has 0 aliphatic carbocycles. The van der Waals surface area contributed by atoms with Crippen LogP contribution in [0.15, 0.2) is 28.9 Å². The number of benzene rings is 1. The van der Waals surface area contributed by atoms with Gasteiger partial charge in [0.15, 0.2) is 17.3 Å². The Balaban J connectivity index is 2.26. The molecule has 0 saturated heterocycles. The van der Waals surface area contributed by atoms with Crippen molar-refractivity contribution in [1.29, 1.82) is 5.26 Å². The Bertz CT molecular complexity index is 870. The number of nitriles is 1. The maximum atomic E-state index is 14.4. The summed E-state index contributed by atoms with van der Waals surface area (Å²) in [6.07, 6.45) is 0.470. The zero-order valence-electron chi connectivity index (χ0n) is 13.6. The summed E-state index contributed by atoms with van der Waals surface area (Å²) in [5.74, 6) is -6.95. The van der Waals surface area contributed by atoms with Crippen LogP contribution < -0.4 is 5.32 Å². The van der Waals surface area contributed by atoms with Gasteiger partial charge in [0.2, 0.25) is 0 Å². The number of alkyl halides is 2. The number of hydrogen-bond donors (Lipinski definition) is 2. The maximum absolute atomic E-state index is 14.4. The normalized spacial score (nSPS) is 14.3. The average Bonchev–Trinajstić information content (AvgIpc) is 2.57. The lowest BCUT2D eigenvalue weighted by Crippen LogP contribution is -2.42. The number of rotatable bonds is 6. The lowest BCUT2D eigenvalue weighted by molar-refractivity contribution is -0.136. The van der Waals surface area contributed by atoms with Gasteiger partial charge in [0.1, 0.15) is 0 Å². The van der Waals surface area contributed by atoms with Crippen molar-refractivity contribution in [2.45, 2.75) is 25.7 Å². The number of carboxylic acids is 1. The van der Waals surface area contributed by atoms with E-state index in [9.17, 15) is 22.8 Å². The molecule has 0 atom stereocenters. The first-order valence-corrected chi connectivity index (χ1v) is 7.49. The third kappa shape index (κ3) is 4.08. The minimum atomic E-state index is -3.65. The highest BCUT2D eigenvalue weighted by Gasteiger charge is 2.41. The predicted octanol–water partition coefficient (Wildman–Crippen LogP) is 2.69. The van der Waals surface area contributed by atoms with Gasteiger partial charge in [-0.15, -0.1) is 0 Å². The standard InChI is InChI=1S/C17H14F3N3O3/c1-9-2-5-13(24)16(23-9)17(19,20)8-22-12-4-3-10(7-21)11(15(12)18)6-14(25)26/h2-4,22H,5-6,8H2,1H3,(H,25,26). The molecule has 0 amide bonds.